The van der Waals surface area contributed by atoms with Crippen LogP contribution >= 0.6 is 0 Å². The zero-order valence-corrected chi connectivity index (χ0v) is 11.0. The van der Waals surface area contributed by atoms with Gasteiger partial charge in [0, 0.05) is 6.42 Å². The minimum absolute atomic E-state index is 0.103. The molecule has 1 aromatic carbocycles. The second-order valence-corrected chi connectivity index (χ2v) is 5.00. The summed E-state index contributed by atoms with van der Waals surface area (Å²) in [5.74, 6) is 1.16. The van der Waals surface area contributed by atoms with Crippen molar-refractivity contribution in [2.24, 2.45) is 10.9 Å². The molecular formula is C15H18N2O. The number of aryl methyl sites for hydroxylation is 1. The number of carbonyl (C=O) groups is 1. The Morgan fingerprint density at radius 3 is 2.72 bits per heavy atom. The fourth-order valence-corrected chi connectivity index (χ4v) is 1.90. The first-order chi connectivity index (χ1) is 8.56. The van der Waals surface area contributed by atoms with Gasteiger partial charge in [-0.15, -0.1) is 0 Å². The third kappa shape index (κ3) is 2.86. The fraction of sp³-hybridized carbons (Fsp3) is 0.333. The molecule has 0 fully saturated rings. The Balaban J connectivity index is 2.26. The average Bonchev–Trinajstić information content (AvgIpc) is 2.61. The Hall–Kier alpha value is -1.90. The number of aliphatic imine (C=N–C) groups is 1. The Morgan fingerprint density at radius 1 is 1.33 bits per heavy atom. The van der Waals surface area contributed by atoms with Crippen LogP contribution in [0.2, 0.25) is 0 Å². The van der Waals surface area contributed by atoms with Crippen LogP contribution in [0, 0.1) is 12.8 Å². The number of amides is 1. The van der Waals surface area contributed by atoms with Crippen LogP contribution in [-0.4, -0.2) is 11.7 Å². The predicted molar refractivity (Wildman–Crippen MR) is 74.2 cm³/mol. The molecule has 1 amide bonds. The topological polar surface area (TPSA) is 41.5 Å². The summed E-state index contributed by atoms with van der Waals surface area (Å²) in [6.07, 6.45) is 2.65. The van der Waals surface area contributed by atoms with Crippen molar-refractivity contribution in [2.75, 3.05) is 0 Å². The molecule has 0 saturated heterocycles. The van der Waals surface area contributed by atoms with E-state index < -0.39 is 0 Å². The fourth-order valence-electron chi connectivity index (χ4n) is 1.90. The van der Waals surface area contributed by atoms with Gasteiger partial charge in [0.2, 0.25) is 0 Å². The van der Waals surface area contributed by atoms with Crippen LogP contribution in [0.1, 0.15) is 31.4 Å². The van der Waals surface area contributed by atoms with E-state index in [2.05, 4.69) is 24.2 Å². The number of amidine groups is 1. The number of rotatable bonds is 3. The van der Waals surface area contributed by atoms with Crippen LogP contribution < -0.4 is 5.32 Å². The molecule has 0 saturated carbocycles. The van der Waals surface area contributed by atoms with E-state index in [0.717, 1.165) is 23.4 Å². The van der Waals surface area contributed by atoms with Crippen LogP contribution in [0.25, 0.3) is 6.08 Å². The van der Waals surface area contributed by atoms with Gasteiger partial charge in [-0.1, -0.05) is 38.1 Å². The van der Waals surface area contributed by atoms with Gasteiger partial charge >= 0.3 is 0 Å². The van der Waals surface area contributed by atoms with Crippen molar-refractivity contribution in [2.45, 2.75) is 27.2 Å². The number of nitrogens with zero attached hydrogens (tertiary/aromatic N) is 1. The van der Waals surface area contributed by atoms with E-state index in [0.29, 0.717) is 11.6 Å². The van der Waals surface area contributed by atoms with Gasteiger partial charge in [-0.3, -0.25) is 4.79 Å². The van der Waals surface area contributed by atoms with Crippen LogP contribution in [0.15, 0.2) is 35.0 Å². The van der Waals surface area contributed by atoms with Crippen molar-refractivity contribution in [3.8, 4) is 0 Å². The van der Waals surface area contributed by atoms with E-state index >= 15 is 0 Å². The molecular weight excluding hydrogens is 224 g/mol. The lowest BCUT2D eigenvalue weighted by Gasteiger charge is -2.02. The Morgan fingerprint density at radius 2 is 2.06 bits per heavy atom. The number of carbonyl (C=O) groups excluding carboxylic acids is 1. The molecule has 1 aromatic rings. The standard InChI is InChI=1S/C15H18N2O/c1-10(2)8-14-16-13(15(18)17-14)9-12-7-5-4-6-11(12)3/h4-7,9-10H,8H2,1-3H3,(H,16,17,18)/b13-9-. The maximum atomic E-state index is 11.8. The van der Waals surface area contributed by atoms with Crippen molar-refractivity contribution in [3.63, 3.8) is 0 Å². The quantitative estimate of drug-likeness (QED) is 0.813. The van der Waals surface area contributed by atoms with Gasteiger partial charge < -0.3 is 5.32 Å². The summed E-state index contributed by atoms with van der Waals surface area (Å²) in [5, 5.41) is 2.82. The van der Waals surface area contributed by atoms with Gasteiger partial charge in [-0.05, 0) is 30.0 Å². The van der Waals surface area contributed by atoms with Gasteiger partial charge in [-0.25, -0.2) is 4.99 Å². The van der Waals surface area contributed by atoms with Gasteiger partial charge in [0.1, 0.15) is 11.5 Å². The summed E-state index contributed by atoms with van der Waals surface area (Å²) in [5.41, 5.74) is 2.68. The molecule has 0 aliphatic carbocycles. The van der Waals surface area contributed by atoms with Crippen molar-refractivity contribution < 1.29 is 4.79 Å². The highest BCUT2D eigenvalue weighted by Gasteiger charge is 2.20. The molecule has 0 bridgehead atoms. The average molecular weight is 242 g/mol. The molecule has 3 nitrogen and oxygen atoms in total. The lowest BCUT2D eigenvalue weighted by Crippen LogP contribution is -2.24. The molecule has 94 valence electrons. The first-order valence-electron chi connectivity index (χ1n) is 6.22. The number of hydrogen-bond acceptors (Lipinski definition) is 2. The molecule has 0 radical (unpaired) electrons. The maximum absolute atomic E-state index is 11.8. The zero-order valence-electron chi connectivity index (χ0n) is 11.0. The maximum Gasteiger partial charge on any atom is 0.275 e. The SMILES string of the molecule is Cc1ccccc1/C=C1\N=C(CC(C)C)NC1=O. The second kappa shape index (κ2) is 5.17. The lowest BCUT2D eigenvalue weighted by atomic mass is 10.1. The molecule has 1 aliphatic heterocycles. The third-order valence-electron chi connectivity index (χ3n) is 2.83. The summed E-state index contributed by atoms with van der Waals surface area (Å²) in [6, 6.07) is 7.97. The van der Waals surface area contributed by atoms with Crippen LogP contribution in [0.3, 0.4) is 0 Å². The summed E-state index contributed by atoms with van der Waals surface area (Å²) >= 11 is 0. The smallest absolute Gasteiger partial charge is 0.275 e. The van der Waals surface area contributed by atoms with E-state index in [1.54, 1.807) is 0 Å². The van der Waals surface area contributed by atoms with E-state index in [-0.39, 0.29) is 5.91 Å². The Labute approximate surface area is 108 Å². The number of nitrogens with one attached hydrogen (secondary N) is 1. The minimum atomic E-state index is -0.103. The molecule has 18 heavy (non-hydrogen) atoms. The largest absolute Gasteiger partial charge is 0.309 e. The molecule has 0 aromatic heterocycles. The number of hydrogen-bond donors (Lipinski definition) is 1. The van der Waals surface area contributed by atoms with Crippen LogP contribution in [0.5, 0.6) is 0 Å². The van der Waals surface area contributed by atoms with E-state index in [9.17, 15) is 4.79 Å². The molecule has 2 rings (SSSR count). The number of benzene rings is 1. The van der Waals surface area contributed by atoms with Crippen molar-refractivity contribution in [3.05, 3.63) is 41.1 Å². The Kier molecular flexibility index (Phi) is 3.60. The summed E-state index contributed by atoms with van der Waals surface area (Å²) in [7, 11) is 0. The van der Waals surface area contributed by atoms with Gasteiger partial charge in [0.15, 0.2) is 0 Å². The monoisotopic (exact) mass is 242 g/mol. The van der Waals surface area contributed by atoms with E-state index in [1.165, 1.54) is 0 Å². The summed E-state index contributed by atoms with van der Waals surface area (Å²) in [4.78, 5) is 16.2. The highest BCUT2D eigenvalue weighted by Crippen LogP contribution is 2.16. The molecule has 0 spiro atoms. The molecule has 1 aliphatic rings. The molecule has 1 heterocycles. The van der Waals surface area contributed by atoms with Gasteiger partial charge in [0.25, 0.3) is 5.91 Å². The molecule has 1 N–H and O–H groups in total. The molecule has 3 heteroatoms. The van der Waals surface area contributed by atoms with Crippen molar-refractivity contribution in [1.29, 1.82) is 0 Å². The zero-order chi connectivity index (χ0) is 13.1. The second-order valence-electron chi connectivity index (χ2n) is 5.00. The van der Waals surface area contributed by atoms with Crippen LogP contribution in [0.4, 0.5) is 0 Å². The predicted octanol–water partition coefficient (Wildman–Crippen LogP) is 2.91. The first kappa shape index (κ1) is 12.6. The molecule has 0 atom stereocenters. The van der Waals surface area contributed by atoms with Gasteiger partial charge in [0.05, 0.1) is 0 Å². The van der Waals surface area contributed by atoms with E-state index in [1.807, 2.05) is 37.3 Å². The minimum Gasteiger partial charge on any atom is -0.309 e. The first-order valence-corrected chi connectivity index (χ1v) is 6.22. The third-order valence-corrected chi connectivity index (χ3v) is 2.83. The van der Waals surface area contributed by atoms with Gasteiger partial charge in [-0.2, -0.15) is 0 Å². The van der Waals surface area contributed by atoms with Crippen LogP contribution in [-0.2, 0) is 4.79 Å². The summed E-state index contributed by atoms with van der Waals surface area (Å²) in [6.45, 7) is 6.24. The lowest BCUT2D eigenvalue weighted by molar-refractivity contribution is -0.115. The normalized spacial score (nSPS) is 17.2. The van der Waals surface area contributed by atoms with Crippen molar-refractivity contribution >= 4 is 17.8 Å². The van der Waals surface area contributed by atoms with Crippen molar-refractivity contribution in [1.82, 2.24) is 5.32 Å². The highest BCUT2D eigenvalue weighted by molar-refractivity contribution is 6.14. The molecule has 0 unspecified atom stereocenters. The van der Waals surface area contributed by atoms with E-state index in [4.69, 9.17) is 0 Å². The highest BCUT2D eigenvalue weighted by atomic mass is 16.2. The Bertz CT molecular complexity index is 527. The summed E-state index contributed by atoms with van der Waals surface area (Å²) < 4.78 is 0.